The van der Waals surface area contributed by atoms with Crippen molar-refractivity contribution < 1.29 is 13.9 Å². The number of rotatable bonds is 5. The maximum Gasteiger partial charge on any atom is 0.375 e. The van der Waals surface area contributed by atoms with Crippen LogP contribution in [0.3, 0.4) is 0 Å². The molecule has 0 fully saturated rings. The van der Waals surface area contributed by atoms with E-state index in [-0.39, 0.29) is 12.4 Å². The lowest BCUT2D eigenvalue weighted by Crippen LogP contribution is -2.03. The minimum atomic E-state index is -0.550. The zero-order valence-electron chi connectivity index (χ0n) is 10.5. The maximum atomic E-state index is 11.5. The van der Waals surface area contributed by atoms with Gasteiger partial charge >= 0.3 is 5.97 Å². The molecule has 0 aliphatic rings. The summed E-state index contributed by atoms with van der Waals surface area (Å²) in [6, 6.07) is 10.8. The molecule has 0 N–H and O–H groups in total. The van der Waals surface area contributed by atoms with Crippen LogP contribution in [0.15, 0.2) is 45.7 Å². The lowest BCUT2D eigenvalue weighted by molar-refractivity contribution is 0.0519. The predicted octanol–water partition coefficient (Wildman–Crippen LogP) is 4.02. The molecule has 1 aromatic heterocycles. The highest BCUT2D eigenvalue weighted by Gasteiger charge is 2.12. The van der Waals surface area contributed by atoms with Gasteiger partial charge in [-0.3, -0.25) is 0 Å². The number of hydrogen-bond donors (Lipinski definition) is 0. The van der Waals surface area contributed by atoms with Gasteiger partial charge in [0.25, 0.3) is 0 Å². The van der Waals surface area contributed by atoms with E-state index in [0.29, 0.717) is 16.5 Å². The standard InChI is InChI=1S/C15H11ClO3S/c1-2-9-18-15(17)14-8-5-12(19-14)10-20-13-6-3-11(16)4-7-13/h1,3-8H,9-10H2. The van der Waals surface area contributed by atoms with Gasteiger partial charge in [0.15, 0.2) is 6.61 Å². The van der Waals surface area contributed by atoms with Gasteiger partial charge in [0.05, 0.1) is 5.75 Å². The van der Waals surface area contributed by atoms with Crippen LogP contribution in [-0.2, 0) is 10.5 Å². The largest absolute Gasteiger partial charge is 0.453 e. The van der Waals surface area contributed by atoms with Gasteiger partial charge in [-0.25, -0.2) is 4.79 Å². The third kappa shape index (κ3) is 4.09. The molecule has 20 heavy (non-hydrogen) atoms. The first kappa shape index (κ1) is 14.6. The first-order valence-electron chi connectivity index (χ1n) is 5.76. The molecular weight excluding hydrogens is 296 g/mol. The highest BCUT2D eigenvalue weighted by Crippen LogP contribution is 2.25. The Morgan fingerprint density at radius 1 is 1.30 bits per heavy atom. The van der Waals surface area contributed by atoms with Crippen LogP contribution in [0.1, 0.15) is 16.3 Å². The Morgan fingerprint density at radius 3 is 2.75 bits per heavy atom. The number of esters is 1. The van der Waals surface area contributed by atoms with Gasteiger partial charge in [-0.1, -0.05) is 17.5 Å². The fourth-order valence-corrected chi connectivity index (χ4v) is 2.35. The molecule has 3 nitrogen and oxygen atoms in total. The molecule has 0 bridgehead atoms. The van der Waals surface area contributed by atoms with Crippen LogP contribution in [-0.4, -0.2) is 12.6 Å². The number of terminal acetylenes is 1. The number of carbonyl (C=O) groups excluding carboxylic acids is 1. The normalized spacial score (nSPS) is 10.0. The highest BCUT2D eigenvalue weighted by atomic mass is 35.5. The average molecular weight is 307 g/mol. The zero-order chi connectivity index (χ0) is 14.4. The van der Waals surface area contributed by atoms with Crippen molar-refractivity contribution in [3.8, 4) is 12.3 Å². The number of benzene rings is 1. The fraction of sp³-hybridized carbons (Fsp3) is 0.133. The lowest BCUT2D eigenvalue weighted by atomic mass is 10.4. The molecule has 5 heteroatoms. The van der Waals surface area contributed by atoms with E-state index >= 15 is 0 Å². The van der Waals surface area contributed by atoms with E-state index in [1.54, 1.807) is 23.9 Å². The average Bonchev–Trinajstić information content (AvgIpc) is 2.93. The van der Waals surface area contributed by atoms with Gasteiger partial charge in [0.1, 0.15) is 5.76 Å². The lowest BCUT2D eigenvalue weighted by Gasteiger charge is -2.00. The molecular formula is C15H11ClO3S. The predicted molar refractivity (Wildman–Crippen MR) is 78.8 cm³/mol. The number of halogens is 1. The van der Waals surface area contributed by atoms with Crippen LogP contribution in [0.5, 0.6) is 0 Å². The van der Waals surface area contributed by atoms with Crippen molar-refractivity contribution in [2.24, 2.45) is 0 Å². The van der Waals surface area contributed by atoms with E-state index in [2.05, 4.69) is 5.92 Å². The van der Waals surface area contributed by atoms with Crippen molar-refractivity contribution in [1.82, 2.24) is 0 Å². The van der Waals surface area contributed by atoms with Gasteiger partial charge in [0, 0.05) is 9.92 Å². The second kappa shape index (κ2) is 7.09. The van der Waals surface area contributed by atoms with Gasteiger partial charge in [-0.2, -0.15) is 0 Å². The van der Waals surface area contributed by atoms with E-state index in [1.165, 1.54) is 0 Å². The zero-order valence-corrected chi connectivity index (χ0v) is 12.0. The molecule has 0 radical (unpaired) electrons. The van der Waals surface area contributed by atoms with Crippen molar-refractivity contribution in [2.75, 3.05) is 6.61 Å². The summed E-state index contributed by atoms with van der Waals surface area (Å²) in [6.45, 7) is -0.0611. The molecule has 0 aliphatic heterocycles. The van der Waals surface area contributed by atoms with E-state index < -0.39 is 5.97 Å². The molecule has 0 saturated carbocycles. The molecule has 0 spiro atoms. The van der Waals surface area contributed by atoms with Crippen molar-refractivity contribution in [3.63, 3.8) is 0 Å². The van der Waals surface area contributed by atoms with Crippen molar-refractivity contribution >= 4 is 29.3 Å². The van der Waals surface area contributed by atoms with Gasteiger partial charge < -0.3 is 9.15 Å². The molecule has 0 atom stereocenters. The summed E-state index contributed by atoms with van der Waals surface area (Å²) in [6.07, 6.45) is 5.01. The van der Waals surface area contributed by atoms with Gasteiger partial charge in [-0.05, 0) is 36.4 Å². The molecule has 2 aromatic rings. The fourth-order valence-electron chi connectivity index (χ4n) is 1.43. The molecule has 0 amide bonds. The van der Waals surface area contributed by atoms with Crippen LogP contribution >= 0.6 is 23.4 Å². The Hall–Kier alpha value is -1.83. The van der Waals surface area contributed by atoms with E-state index in [0.717, 1.165) is 4.90 Å². The number of thioether (sulfide) groups is 1. The molecule has 2 rings (SSSR count). The van der Waals surface area contributed by atoms with Crippen molar-refractivity contribution in [1.29, 1.82) is 0 Å². The van der Waals surface area contributed by atoms with Crippen LogP contribution in [0.25, 0.3) is 0 Å². The van der Waals surface area contributed by atoms with Crippen LogP contribution in [0.2, 0.25) is 5.02 Å². The third-order valence-corrected chi connectivity index (χ3v) is 3.63. The van der Waals surface area contributed by atoms with Crippen molar-refractivity contribution in [2.45, 2.75) is 10.6 Å². The summed E-state index contributed by atoms with van der Waals surface area (Å²) in [4.78, 5) is 12.6. The van der Waals surface area contributed by atoms with Crippen LogP contribution in [0.4, 0.5) is 0 Å². The van der Waals surface area contributed by atoms with E-state index in [1.807, 2.05) is 24.3 Å². The summed E-state index contributed by atoms with van der Waals surface area (Å²) >= 11 is 7.40. The molecule has 0 aliphatic carbocycles. The Labute approximate surface area is 126 Å². The number of carbonyl (C=O) groups is 1. The number of furan rings is 1. The Bertz CT molecular complexity index is 625. The van der Waals surface area contributed by atoms with Gasteiger partial charge in [0.2, 0.25) is 5.76 Å². The highest BCUT2D eigenvalue weighted by molar-refractivity contribution is 7.98. The molecule has 1 aromatic carbocycles. The molecule has 0 saturated heterocycles. The SMILES string of the molecule is C#CCOC(=O)c1ccc(CSc2ccc(Cl)cc2)o1. The smallest absolute Gasteiger partial charge is 0.375 e. The topological polar surface area (TPSA) is 39.4 Å². The summed E-state index contributed by atoms with van der Waals surface area (Å²) in [7, 11) is 0. The van der Waals surface area contributed by atoms with Gasteiger partial charge in [-0.15, -0.1) is 18.2 Å². The van der Waals surface area contributed by atoms with Crippen LogP contribution < -0.4 is 0 Å². The number of ether oxygens (including phenoxy) is 1. The summed E-state index contributed by atoms with van der Waals surface area (Å²) in [5.74, 6) is 3.14. The second-order valence-electron chi connectivity index (χ2n) is 3.79. The van der Waals surface area contributed by atoms with Crippen LogP contribution in [0, 0.1) is 12.3 Å². The Kier molecular flexibility index (Phi) is 5.16. The first-order chi connectivity index (χ1) is 9.69. The first-order valence-corrected chi connectivity index (χ1v) is 7.13. The maximum absolute atomic E-state index is 11.5. The molecule has 0 unspecified atom stereocenters. The minimum absolute atomic E-state index is 0.0611. The van der Waals surface area contributed by atoms with Crippen molar-refractivity contribution in [3.05, 3.63) is 52.9 Å². The molecule has 1 heterocycles. The third-order valence-electron chi connectivity index (χ3n) is 2.34. The Balaban J connectivity index is 1.91. The van der Waals surface area contributed by atoms with E-state index in [4.69, 9.17) is 27.2 Å². The quantitative estimate of drug-likeness (QED) is 0.475. The summed E-state index contributed by atoms with van der Waals surface area (Å²) < 4.78 is 10.2. The van der Waals surface area contributed by atoms with E-state index in [9.17, 15) is 4.79 Å². The monoisotopic (exact) mass is 306 g/mol. The Morgan fingerprint density at radius 2 is 2.05 bits per heavy atom. The molecule has 102 valence electrons. The number of hydrogen-bond acceptors (Lipinski definition) is 4. The summed E-state index contributed by atoms with van der Waals surface area (Å²) in [5.41, 5.74) is 0. The minimum Gasteiger partial charge on any atom is -0.453 e. The summed E-state index contributed by atoms with van der Waals surface area (Å²) in [5, 5.41) is 0.700. The second-order valence-corrected chi connectivity index (χ2v) is 5.27.